The minimum absolute atomic E-state index is 0.116. The molecule has 0 atom stereocenters. The number of rotatable bonds is 5. The molecule has 2 aromatic rings. The van der Waals surface area contributed by atoms with Crippen molar-refractivity contribution >= 4 is 34.2 Å². The minimum Gasteiger partial charge on any atom is -0.493 e. The van der Waals surface area contributed by atoms with Crippen LogP contribution in [0.3, 0.4) is 0 Å². The maximum Gasteiger partial charge on any atom is 0.255 e. The second kappa shape index (κ2) is 7.45. The molecule has 0 radical (unpaired) electrons. The molecule has 1 N–H and O–H groups in total. The Labute approximate surface area is 138 Å². The fraction of sp³-hybridized carbons (Fsp3) is 0.235. The summed E-state index contributed by atoms with van der Waals surface area (Å²) in [6, 6.07) is 14.9. The van der Waals surface area contributed by atoms with Gasteiger partial charge in [0.15, 0.2) is 0 Å². The number of hydrogen-bond donors (Lipinski definition) is 1. The third-order valence-corrected chi connectivity index (χ3v) is 3.76. The van der Waals surface area contributed by atoms with Gasteiger partial charge in [0.1, 0.15) is 5.75 Å². The van der Waals surface area contributed by atoms with Gasteiger partial charge in [-0.15, -0.1) is 0 Å². The molecule has 21 heavy (non-hydrogen) atoms. The van der Waals surface area contributed by atoms with E-state index in [0.29, 0.717) is 18.1 Å². The summed E-state index contributed by atoms with van der Waals surface area (Å²) in [5, 5.41) is 2.91. The van der Waals surface area contributed by atoms with Gasteiger partial charge < -0.3 is 10.1 Å². The highest BCUT2D eigenvalue weighted by atomic mass is 127. The predicted molar refractivity (Wildman–Crippen MR) is 93.9 cm³/mol. The summed E-state index contributed by atoms with van der Waals surface area (Å²) in [6.45, 7) is 4.88. The monoisotopic (exact) mass is 395 g/mol. The molecule has 0 spiro atoms. The van der Waals surface area contributed by atoms with Crippen LogP contribution in [0.2, 0.25) is 0 Å². The van der Waals surface area contributed by atoms with Gasteiger partial charge in [0.05, 0.1) is 12.3 Å². The first kappa shape index (κ1) is 15.8. The first-order valence-electron chi connectivity index (χ1n) is 6.85. The Hall–Kier alpha value is -1.56. The number of benzene rings is 2. The second-order valence-electron chi connectivity index (χ2n) is 5.16. The highest BCUT2D eigenvalue weighted by Crippen LogP contribution is 2.19. The van der Waals surface area contributed by atoms with Crippen molar-refractivity contribution in [3.8, 4) is 5.75 Å². The minimum atomic E-state index is -0.116. The average Bonchev–Trinajstić information content (AvgIpc) is 2.48. The van der Waals surface area contributed by atoms with Gasteiger partial charge in [0, 0.05) is 9.13 Å². The van der Waals surface area contributed by atoms with E-state index in [1.54, 1.807) is 12.1 Å². The van der Waals surface area contributed by atoms with E-state index in [-0.39, 0.29) is 5.91 Å². The van der Waals surface area contributed by atoms with Crippen LogP contribution in [-0.2, 0) is 0 Å². The molecule has 2 rings (SSSR count). The van der Waals surface area contributed by atoms with Gasteiger partial charge in [-0.25, -0.2) is 0 Å². The SMILES string of the molecule is CC(C)COc1ccc(C(=O)Nc2ccccc2I)cc1. The zero-order chi connectivity index (χ0) is 15.2. The van der Waals surface area contributed by atoms with Crippen molar-refractivity contribution in [1.29, 1.82) is 0 Å². The molecule has 3 nitrogen and oxygen atoms in total. The van der Waals surface area contributed by atoms with Crippen LogP contribution in [-0.4, -0.2) is 12.5 Å². The van der Waals surface area contributed by atoms with Crippen LogP contribution in [0.5, 0.6) is 5.75 Å². The highest BCUT2D eigenvalue weighted by molar-refractivity contribution is 14.1. The van der Waals surface area contributed by atoms with Crippen LogP contribution in [0, 0.1) is 9.49 Å². The average molecular weight is 395 g/mol. The van der Waals surface area contributed by atoms with Crippen LogP contribution in [0.25, 0.3) is 0 Å². The largest absolute Gasteiger partial charge is 0.493 e. The number of hydrogen-bond acceptors (Lipinski definition) is 2. The molecule has 2 aromatic carbocycles. The lowest BCUT2D eigenvalue weighted by Gasteiger charge is -2.10. The summed E-state index contributed by atoms with van der Waals surface area (Å²) in [7, 11) is 0. The van der Waals surface area contributed by atoms with Crippen molar-refractivity contribution in [2.45, 2.75) is 13.8 Å². The van der Waals surface area contributed by atoms with Crippen molar-refractivity contribution in [3.63, 3.8) is 0 Å². The molecule has 0 aliphatic carbocycles. The van der Waals surface area contributed by atoms with Crippen LogP contribution in [0.4, 0.5) is 5.69 Å². The zero-order valence-corrected chi connectivity index (χ0v) is 14.3. The lowest BCUT2D eigenvalue weighted by Crippen LogP contribution is -2.12. The molecule has 4 heteroatoms. The summed E-state index contributed by atoms with van der Waals surface area (Å²) in [5.41, 5.74) is 1.44. The summed E-state index contributed by atoms with van der Waals surface area (Å²) in [4.78, 5) is 12.2. The van der Waals surface area contributed by atoms with Gasteiger partial charge in [-0.2, -0.15) is 0 Å². The van der Waals surface area contributed by atoms with Crippen molar-refractivity contribution in [1.82, 2.24) is 0 Å². The van der Waals surface area contributed by atoms with E-state index >= 15 is 0 Å². The number of halogens is 1. The lowest BCUT2D eigenvalue weighted by atomic mass is 10.2. The van der Waals surface area contributed by atoms with Gasteiger partial charge in [0.2, 0.25) is 0 Å². The molecule has 0 bridgehead atoms. The molecule has 0 unspecified atom stereocenters. The number of anilines is 1. The van der Waals surface area contributed by atoms with Crippen molar-refractivity contribution in [2.75, 3.05) is 11.9 Å². The molecule has 0 fully saturated rings. The van der Waals surface area contributed by atoms with Crippen LogP contribution in [0.1, 0.15) is 24.2 Å². The van der Waals surface area contributed by atoms with Crippen molar-refractivity contribution < 1.29 is 9.53 Å². The molecule has 0 aliphatic rings. The molecular formula is C17H18INO2. The second-order valence-corrected chi connectivity index (χ2v) is 6.33. The Balaban J connectivity index is 2.01. The first-order chi connectivity index (χ1) is 10.1. The number of carbonyl (C=O) groups is 1. The van der Waals surface area contributed by atoms with Crippen molar-refractivity contribution in [2.24, 2.45) is 5.92 Å². The summed E-state index contributed by atoms with van der Waals surface area (Å²) in [6.07, 6.45) is 0. The van der Waals surface area contributed by atoms with Crippen molar-refractivity contribution in [3.05, 3.63) is 57.7 Å². The lowest BCUT2D eigenvalue weighted by molar-refractivity contribution is 0.102. The number of ether oxygens (including phenoxy) is 1. The van der Waals surface area contributed by atoms with Gasteiger partial charge in [-0.3, -0.25) is 4.79 Å². The van der Waals surface area contributed by atoms with E-state index < -0.39 is 0 Å². The van der Waals surface area contributed by atoms with E-state index in [4.69, 9.17) is 4.74 Å². The van der Waals surface area contributed by atoms with Crippen LogP contribution >= 0.6 is 22.6 Å². The van der Waals surface area contributed by atoms with Crippen LogP contribution < -0.4 is 10.1 Å². The van der Waals surface area contributed by atoms with Gasteiger partial charge in [-0.05, 0) is 64.9 Å². The molecule has 0 aromatic heterocycles. The Bertz CT molecular complexity index is 608. The summed E-state index contributed by atoms with van der Waals surface area (Å²) < 4.78 is 6.62. The Morgan fingerprint density at radius 2 is 1.81 bits per heavy atom. The van der Waals surface area contributed by atoms with Gasteiger partial charge in [0.25, 0.3) is 5.91 Å². The maximum atomic E-state index is 12.2. The summed E-state index contributed by atoms with van der Waals surface area (Å²) >= 11 is 2.20. The number of amides is 1. The quantitative estimate of drug-likeness (QED) is 0.753. The maximum absolute atomic E-state index is 12.2. The van der Waals surface area contributed by atoms with E-state index in [1.165, 1.54) is 0 Å². The third kappa shape index (κ3) is 4.74. The van der Waals surface area contributed by atoms with E-state index in [1.807, 2.05) is 36.4 Å². The molecule has 1 amide bonds. The fourth-order valence-electron chi connectivity index (χ4n) is 1.72. The van der Waals surface area contributed by atoms with Gasteiger partial charge >= 0.3 is 0 Å². The zero-order valence-electron chi connectivity index (χ0n) is 12.1. The Morgan fingerprint density at radius 1 is 1.14 bits per heavy atom. The van der Waals surface area contributed by atoms with E-state index in [2.05, 4.69) is 41.8 Å². The van der Waals surface area contributed by atoms with E-state index in [0.717, 1.165) is 15.0 Å². The van der Waals surface area contributed by atoms with E-state index in [9.17, 15) is 4.79 Å². The summed E-state index contributed by atoms with van der Waals surface area (Å²) in [5.74, 6) is 1.15. The molecule has 110 valence electrons. The number of para-hydroxylation sites is 1. The topological polar surface area (TPSA) is 38.3 Å². The smallest absolute Gasteiger partial charge is 0.255 e. The molecule has 0 aliphatic heterocycles. The highest BCUT2D eigenvalue weighted by Gasteiger charge is 2.08. The van der Waals surface area contributed by atoms with Crippen LogP contribution in [0.15, 0.2) is 48.5 Å². The Morgan fingerprint density at radius 3 is 2.43 bits per heavy atom. The number of nitrogens with one attached hydrogen (secondary N) is 1. The third-order valence-electron chi connectivity index (χ3n) is 2.82. The number of carbonyl (C=O) groups excluding carboxylic acids is 1. The molecule has 0 saturated heterocycles. The molecular weight excluding hydrogens is 377 g/mol. The first-order valence-corrected chi connectivity index (χ1v) is 7.93. The van der Waals surface area contributed by atoms with Gasteiger partial charge in [-0.1, -0.05) is 26.0 Å². The standard InChI is InChI=1S/C17H18INO2/c1-12(2)11-21-14-9-7-13(8-10-14)17(20)19-16-6-4-3-5-15(16)18/h3-10,12H,11H2,1-2H3,(H,19,20). The Kier molecular flexibility index (Phi) is 5.61. The predicted octanol–water partition coefficient (Wildman–Crippen LogP) is 4.58. The molecule has 0 heterocycles. The molecule has 0 saturated carbocycles. The normalized spacial score (nSPS) is 10.5. The fourth-order valence-corrected chi connectivity index (χ4v) is 2.24.